The van der Waals surface area contributed by atoms with Crippen molar-refractivity contribution in [3.8, 4) is 0 Å². The third-order valence-electron chi connectivity index (χ3n) is 5.47. The molecule has 1 aliphatic heterocycles. The molecule has 168 valence electrons. The van der Waals surface area contributed by atoms with Crippen molar-refractivity contribution in [3.05, 3.63) is 0 Å². The molecular weight excluding hydrogens is 392 g/mol. The summed E-state index contributed by atoms with van der Waals surface area (Å²) in [5, 5.41) is 7.37. The van der Waals surface area contributed by atoms with Crippen molar-refractivity contribution < 1.29 is 28.7 Å². The minimum atomic E-state index is -1.27. The van der Waals surface area contributed by atoms with Gasteiger partial charge < -0.3 is 15.4 Å². The van der Waals surface area contributed by atoms with Gasteiger partial charge in [0.15, 0.2) is 6.10 Å². The Morgan fingerprint density at radius 2 is 1.83 bits per heavy atom. The molecule has 0 aromatic carbocycles. The molecular formula is C20H32N4O6. The van der Waals surface area contributed by atoms with Gasteiger partial charge in [-0.1, -0.05) is 13.3 Å². The van der Waals surface area contributed by atoms with Crippen molar-refractivity contribution >= 4 is 29.8 Å². The molecule has 1 saturated heterocycles. The van der Waals surface area contributed by atoms with E-state index < -0.39 is 53.6 Å². The monoisotopic (exact) mass is 424 g/mol. The van der Waals surface area contributed by atoms with Gasteiger partial charge in [-0.2, -0.15) is 0 Å². The summed E-state index contributed by atoms with van der Waals surface area (Å²) >= 11 is 0. The number of carbonyl (C=O) groups is 5. The third-order valence-corrected chi connectivity index (χ3v) is 5.47. The minimum Gasteiger partial charge on any atom is -0.451 e. The van der Waals surface area contributed by atoms with Gasteiger partial charge >= 0.3 is 18.0 Å². The first-order chi connectivity index (χ1) is 13.9. The molecule has 2 fully saturated rings. The van der Waals surface area contributed by atoms with Crippen molar-refractivity contribution in [1.29, 1.82) is 0 Å². The van der Waals surface area contributed by atoms with E-state index in [4.69, 9.17) is 4.74 Å². The minimum absolute atomic E-state index is 0.430. The summed E-state index contributed by atoms with van der Waals surface area (Å²) in [5.41, 5.74) is -1.49. The van der Waals surface area contributed by atoms with Gasteiger partial charge in [0.2, 0.25) is 0 Å². The molecule has 6 amide bonds. The summed E-state index contributed by atoms with van der Waals surface area (Å²) in [4.78, 5) is 62.0. The molecule has 10 heteroatoms. The Hall–Kier alpha value is -2.65. The number of nitrogens with zero attached hydrogens (tertiary/aromatic N) is 1. The van der Waals surface area contributed by atoms with E-state index in [1.54, 1.807) is 20.8 Å². The van der Waals surface area contributed by atoms with Gasteiger partial charge in [0.05, 0.1) is 0 Å². The predicted molar refractivity (Wildman–Crippen MR) is 107 cm³/mol. The zero-order valence-corrected chi connectivity index (χ0v) is 18.3. The van der Waals surface area contributed by atoms with E-state index in [-0.39, 0.29) is 0 Å². The number of amides is 6. The lowest BCUT2D eigenvalue weighted by molar-refractivity contribution is -0.156. The van der Waals surface area contributed by atoms with Crippen LogP contribution in [0.2, 0.25) is 0 Å². The van der Waals surface area contributed by atoms with E-state index >= 15 is 0 Å². The molecule has 10 nitrogen and oxygen atoms in total. The first-order valence-corrected chi connectivity index (χ1v) is 10.3. The molecule has 1 heterocycles. The number of rotatable bonds is 5. The van der Waals surface area contributed by atoms with Crippen LogP contribution in [-0.2, 0) is 19.1 Å². The highest BCUT2D eigenvalue weighted by molar-refractivity contribution is 6.08. The fourth-order valence-electron chi connectivity index (χ4n) is 3.74. The molecule has 1 spiro atoms. The average molecular weight is 424 g/mol. The van der Waals surface area contributed by atoms with Crippen molar-refractivity contribution in [1.82, 2.24) is 20.9 Å². The van der Waals surface area contributed by atoms with Crippen molar-refractivity contribution in [2.24, 2.45) is 5.92 Å². The zero-order chi connectivity index (χ0) is 22.7. The number of carbonyl (C=O) groups excluding carboxylic acids is 5. The topological polar surface area (TPSA) is 134 Å². The largest absolute Gasteiger partial charge is 0.451 e. The Balaban J connectivity index is 1.88. The predicted octanol–water partition coefficient (Wildman–Crippen LogP) is 1.43. The fraction of sp³-hybridized carbons (Fsp3) is 0.750. The summed E-state index contributed by atoms with van der Waals surface area (Å²) < 4.78 is 5.01. The maximum absolute atomic E-state index is 12.8. The molecule has 2 aliphatic rings. The van der Waals surface area contributed by atoms with Crippen LogP contribution in [0.15, 0.2) is 0 Å². The Morgan fingerprint density at radius 1 is 1.23 bits per heavy atom. The normalized spacial score (nSPS) is 25.0. The SMILES string of the molecule is CCC1CCC2(CC1)NC(=O)N(CC(=O)OC(C)C(=O)NC(=O)NC(C)(C)C)C2=O. The van der Waals surface area contributed by atoms with Crippen molar-refractivity contribution in [2.45, 2.75) is 83.9 Å². The van der Waals surface area contributed by atoms with Crippen LogP contribution in [0.4, 0.5) is 9.59 Å². The highest BCUT2D eigenvalue weighted by Crippen LogP contribution is 2.37. The first kappa shape index (κ1) is 23.6. The number of ether oxygens (including phenoxy) is 1. The van der Waals surface area contributed by atoms with E-state index in [0.29, 0.717) is 18.8 Å². The summed E-state index contributed by atoms with van der Waals surface area (Å²) in [5.74, 6) is -1.61. The fourth-order valence-corrected chi connectivity index (χ4v) is 3.74. The lowest BCUT2D eigenvalue weighted by atomic mass is 9.75. The average Bonchev–Trinajstić information content (AvgIpc) is 2.85. The van der Waals surface area contributed by atoms with Crippen molar-refractivity contribution in [2.75, 3.05) is 6.54 Å². The first-order valence-electron chi connectivity index (χ1n) is 10.3. The summed E-state index contributed by atoms with van der Waals surface area (Å²) in [6.45, 7) is 8.07. The van der Waals surface area contributed by atoms with Gasteiger partial charge in [0.25, 0.3) is 11.8 Å². The lowest BCUT2D eigenvalue weighted by Crippen LogP contribution is -2.51. The van der Waals surface area contributed by atoms with Crippen LogP contribution >= 0.6 is 0 Å². The van der Waals surface area contributed by atoms with Gasteiger partial charge in [-0.15, -0.1) is 0 Å². The van der Waals surface area contributed by atoms with Crippen LogP contribution in [0, 0.1) is 5.92 Å². The molecule has 2 rings (SSSR count). The van der Waals surface area contributed by atoms with E-state index in [2.05, 4.69) is 22.9 Å². The van der Waals surface area contributed by atoms with E-state index in [9.17, 15) is 24.0 Å². The Kier molecular flexibility index (Phi) is 7.10. The lowest BCUT2D eigenvalue weighted by Gasteiger charge is -2.34. The number of nitrogens with one attached hydrogen (secondary N) is 3. The molecule has 0 aromatic rings. The van der Waals surface area contributed by atoms with E-state index in [1.807, 2.05) is 0 Å². The van der Waals surface area contributed by atoms with E-state index in [0.717, 1.165) is 24.2 Å². The zero-order valence-electron chi connectivity index (χ0n) is 18.3. The third kappa shape index (κ3) is 5.70. The molecule has 1 atom stereocenters. The highest BCUT2D eigenvalue weighted by atomic mass is 16.5. The van der Waals surface area contributed by atoms with Gasteiger partial charge in [0, 0.05) is 5.54 Å². The van der Waals surface area contributed by atoms with Crippen LogP contribution in [0.3, 0.4) is 0 Å². The molecule has 0 bridgehead atoms. The number of hydrogen-bond donors (Lipinski definition) is 3. The summed E-state index contributed by atoms with van der Waals surface area (Å²) in [7, 11) is 0. The molecule has 3 N–H and O–H groups in total. The van der Waals surface area contributed by atoms with Gasteiger partial charge in [-0.3, -0.25) is 24.6 Å². The maximum atomic E-state index is 12.8. The quantitative estimate of drug-likeness (QED) is 0.452. The standard InChI is InChI=1S/C20H32N4O6/c1-6-13-7-9-20(10-8-13)16(27)24(18(29)23-20)11-14(25)30-12(2)15(26)21-17(28)22-19(3,4)5/h12-13H,6-11H2,1-5H3,(H,23,29)(H2,21,22,26,28). The van der Waals surface area contributed by atoms with Gasteiger partial charge in [-0.25, -0.2) is 9.59 Å². The summed E-state index contributed by atoms with van der Waals surface area (Å²) in [6.07, 6.45) is 2.54. The number of hydrogen-bond acceptors (Lipinski definition) is 6. The van der Waals surface area contributed by atoms with Crippen LogP contribution in [-0.4, -0.2) is 58.5 Å². The Bertz CT molecular complexity index is 721. The molecule has 1 unspecified atom stereocenters. The second-order valence-electron chi connectivity index (χ2n) is 9.08. The van der Waals surface area contributed by atoms with Gasteiger partial charge in [0.1, 0.15) is 12.1 Å². The smallest absolute Gasteiger partial charge is 0.327 e. The summed E-state index contributed by atoms with van der Waals surface area (Å²) in [6, 6.07) is -1.34. The second-order valence-corrected chi connectivity index (χ2v) is 9.08. The maximum Gasteiger partial charge on any atom is 0.327 e. The van der Waals surface area contributed by atoms with Gasteiger partial charge in [-0.05, 0) is 59.3 Å². The number of urea groups is 2. The Morgan fingerprint density at radius 3 is 2.37 bits per heavy atom. The second kappa shape index (κ2) is 9.01. The highest BCUT2D eigenvalue weighted by Gasteiger charge is 2.52. The number of imide groups is 2. The van der Waals surface area contributed by atoms with Crippen LogP contribution in [0.25, 0.3) is 0 Å². The molecule has 30 heavy (non-hydrogen) atoms. The molecule has 1 saturated carbocycles. The molecule has 1 aliphatic carbocycles. The molecule has 0 aromatic heterocycles. The molecule has 0 radical (unpaired) electrons. The van der Waals surface area contributed by atoms with Crippen LogP contribution < -0.4 is 16.0 Å². The van der Waals surface area contributed by atoms with Crippen LogP contribution in [0.1, 0.15) is 66.7 Å². The van der Waals surface area contributed by atoms with E-state index in [1.165, 1.54) is 6.92 Å². The van der Waals surface area contributed by atoms with Crippen LogP contribution in [0.5, 0.6) is 0 Å². The van der Waals surface area contributed by atoms with Crippen molar-refractivity contribution in [3.63, 3.8) is 0 Å². The number of esters is 1. The Labute approximate surface area is 176 Å².